The van der Waals surface area contributed by atoms with Crippen molar-refractivity contribution in [2.75, 3.05) is 6.54 Å². The molecule has 0 unspecified atom stereocenters. The molecule has 15 heavy (non-hydrogen) atoms. The Hall–Kier alpha value is -1.82. The topological polar surface area (TPSA) is 33.5 Å². The van der Waals surface area contributed by atoms with Crippen LogP contribution in [0.1, 0.15) is 18.1 Å². The first kappa shape index (κ1) is 11.3. The summed E-state index contributed by atoms with van der Waals surface area (Å²) in [4.78, 5) is 14.0. The Morgan fingerprint density at radius 1 is 1.33 bits per heavy atom. The largest absolute Gasteiger partial charge is 0.346 e. The van der Waals surface area contributed by atoms with Gasteiger partial charge in [-0.25, -0.2) is 6.57 Å². The Bertz CT molecular complexity index is 362. The molecule has 0 spiro atoms. The summed E-state index contributed by atoms with van der Waals surface area (Å²) in [5, 5.41) is 2.68. The molecule has 0 radical (unpaired) electrons. The van der Waals surface area contributed by atoms with Crippen LogP contribution in [-0.4, -0.2) is 12.5 Å². The molecule has 0 aromatic heterocycles. The van der Waals surface area contributed by atoms with Gasteiger partial charge in [0.2, 0.25) is 0 Å². The molecule has 1 aromatic rings. The maximum atomic E-state index is 11.0. The van der Waals surface area contributed by atoms with Crippen LogP contribution in [0.5, 0.6) is 0 Å². The van der Waals surface area contributed by atoms with E-state index in [1.54, 1.807) is 0 Å². The second-order valence-electron chi connectivity index (χ2n) is 3.26. The monoisotopic (exact) mass is 202 g/mol. The minimum Gasteiger partial charge on any atom is -0.346 e. The van der Waals surface area contributed by atoms with Gasteiger partial charge in [-0.3, -0.25) is 4.79 Å². The Morgan fingerprint density at radius 2 is 1.93 bits per heavy atom. The molecule has 3 nitrogen and oxygen atoms in total. The molecule has 78 valence electrons. The lowest BCUT2D eigenvalue weighted by atomic mass is 10.1. The summed E-state index contributed by atoms with van der Waals surface area (Å²) in [6, 6.07) is 8.10. The lowest BCUT2D eigenvalue weighted by Gasteiger charge is -2.03. The standard InChI is InChI=1S/C12H14N2O/c1-3-10-4-6-11(7-5-10)8-14-12(15)9-13-2/h4-7H,3,8-9H2,1H3,(H,14,15). The zero-order chi connectivity index (χ0) is 11.1. The Balaban J connectivity index is 2.45. The quantitative estimate of drug-likeness (QED) is 0.742. The summed E-state index contributed by atoms with van der Waals surface area (Å²) in [7, 11) is 0. The smallest absolute Gasteiger partial charge is 0.300 e. The molecule has 0 atom stereocenters. The number of amides is 1. The first-order valence-corrected chi connectivity index (χ1v) is 4.94. The third kappa shape index (κ3) is 3.82. The predicted octanol–water partition coefficient (Wildman–Crippen LogP) is 1.78. The maximum Gasteiger partial charge on any atom is 0.300 e. The van der Waals surface area contributed by atoms with E-state index in [4.69, 9.17) is 6.57 Å². The van der Waals surface area contributed by atoms with Crippen molar-refractivity contribution < 1.29 is 4.79 Å². The summed E-state index contributed by atoms with van der Waals surface area (Å²) >= 11 is 0. The molecular formula is C12H14N2O. The van der Waals surface area contributed by atoms with Crippen molar-refractivity contribution in [1.29, 1.82) is 0 Å². The first-order valence-electron chi connectivity index (χ1n) is 4.94. The predicted molar refractivity (Wildman–Crippen MR) is 59.1 cm³/mol. The third-order valence-corrected chi connectivity index (χ3v) is 2.14. The molecule has 0 bridgehead atoms. The van der Waals surface area contributed by atoms with Gasteiger partial charge < -0.3 is 10.2 Å². The molecule has 0 saturated heterocycles. The van der Waals surface area contributed by atoms with Crippen LogP contribution in [0.3, 0.4) is 0 Å². The van der Waals surface area contributed by atoms with Gasteiger partial charge in [-0.15, -0.1) is 0 Å². The van der Waals surface area contributed by atoms with E-state index in [1.807, 2.05) is 12.1 Å². The van der Waals surface area contributed by atoms with Gasteiger partial charge in [0.1, 0.15) is 0 Å². The van der Waals surface area contributed by atoms with E-state index in [0.29, 0.717) is 6.54 Å². The van der Waals surface area contributed by atoms with E-state index in [0.717, 1.165) is 12.0 Å². The van der Waals surface area contributed by atoms with Crippen LogP contribution in [0.25, 0.3) is 4.85 Å². The van der Waals surface area contributed by atoms with Crippen LogP contribution < -0.4 is 5.32 Å². The van der Waals surface area contributed by atoms with Crippen LogP contribution in [-0.2, 0) is 17.8 Å². The number of nitrogens with one attached hydrogen (secondary N) is 1. The number of nitrogens with zero attached hydrogens (tertiary/aromatic N) is 1. The van der Waals surface area contributed by atoms with Crippen molar-refractivity contribution in [2.24, 2.45) is 0 Å². The first-order chi connectivity index (χ1) is 7.26. The van der Waals surface area contributed by atoms with E-state index < -0.39 is 0 Å². The number of rotatable bonds is 4. The van der Waals surface area contributed by atoms with Gasteiger partial charge in [-0.1, -0.05) is 31.2 Å². The summed E-state index contributed by atoms with van der Waals surface area (Å²) in [6.45, 7) is 9.05. The second kappa shape index (κ2) is 5.82. The van der Waals surface area contributed by atoms with Gasteiger partial charge in [0.25, 0.3) is 12.5 Å². The zero-order valence-electron chi connectivity index (χ0n) is 8.79. The zero-order valence-corrected chi connectivity index (χ0v) is 8.79. The average molecular weight is 202 g/mol. The summed E-state index contributed by atoms with van der Waals surface area (Å²) in [5.74, 6) is -0.218. The van der Waals surface area contributed by atoms with Crippen LogP contribution >= 0.6 is 0 Å². The summed E-state index contributed by atoms with van der Waals surface area (Å²) in [6.07, 6.45) is 1.02. The lowest BCUT2D eigenvalue weighted by molar-refractivity contribution is -0.119. The number of carbonyl (C=O) groups excluding carboxylic acids is 1. The van der Waals surface area contributed by atoms with Gasteiger partial charge in [0, 0.05) is 6.54 Å². The molecule has 0 fully saturated rings. The van der Waals surface area contributed by atoms with E-state index in [1.165, 1.54) is 5.56 Å². The highest BCUT2D eigenvalue weighted by atomic mass is 16.1. The van der Waals surface area contributed by atoms with Crippen molar-refractivity contribution in [3.05, 3.63) is 46.8 Å². The minimum absolute atomic E-state index is 0.0902. The molecule has 0 heterocycles. The van der Waals surface area contributed by atoms with Crippen LogP contribution in [0.2, 0.25) is 0 Å². The van der Waals surface area contributed by atoms with Crippen molar-refractivity contribution in [3.8, 4) is 0 Å². The summed E-state index contributed by atoms with van der Waals surface area (Å²) < 4.78 is 0. The van der Waals surface area contributed by atoms with Crippen LogP contribution in [0.15, 0.2) is 24.3 Å². The molecule has 0 aliphatic heterocycles. The second-order valence-corrected chi connectivity index (χ2v) is 3.26. The van der Waals surface area contributed by atoms with Crippen LogP contribution in [0.4, 0.5) is 0 Å². The van der Waals surface area contributed by atoms with Gasteiger partial charge in [-0.2, -0.15) is 0 Å². The highest BCUT2D eigenvalue weighted by Gasteiger charge is 2.02. The highest BCUT2D eigenvalue weighted by Crippen LogP contribution is 2.04. The number of carbonyl (C=O) groups is 1. The van der Waals surface area contributed by atoms with E-state index >= 15 is 0 Å². The number of hydrogen-bond donors (Lipinski definition) is 1. The molecule has 1 aromatic carbocycles. The number of benzene rings is 1. The van der Waals surface area contributed by atoms with Gasteiger partial charge in [0.05, 0.1) is 0 Å². The normalized spacial score (nSPS) is 9.33. The highest BCUT2D eigenvalue weighted by molar-refractivity contribution is 5.79. The van der Waals surface area contributed by atoms with Gasteiger partial charge in [-0.05, 0) is 17.5 Å². The van der Waals surface area contributed by atoms with E-state index in [9.17, 15) is 4.79 Å². The summed E-state index contributed by atoms with van der Waals surface area (Å²) in [5.41, 5.74) is 2.34. The van der Waals surface area contributed by atoms with Crippen molar-refractivity contribution >= 4 is 5.91 Å². The Morgan fingerprint density at radius 3 is 2.47 bits per heavy atom. The third-order valence-electron chi connectivity index (χ3n) is 2.14. The Labute approximate surface area is 89.9 Å². The maximum absolute atomic E-state index is 11.0. The van der Waals surface area contributed by atoms with Crippen molar-refractivity contribution in [1.82, 2.24) is 5.32 Å². The average Bonchev–Trinajstić information content (AvgIpc) is 2.27. The SMILES string of the molecule is [C-]#[N+]CC(=O)NCc1ccc(CC)cc1. The molecule has 0 aliphatic rings. The van der Waals surface area contributed by atoms with Crippen molar-refractivity contribution in [3.63, 3.8) is 0 Å². The molecule has 1 N–H and O–H groups in total. The fourth-order valence-electron chi connectivity index (χ4n) is 1.22. The molecule has 3 heteroatoms. The molecule has 1 amide bonds. The van der Waals surface area contributed by atoms with Gasteiger partial charge in [0.15, 0.2) is 0 Å². The molecular weight excluding hydrogens is 188 g/mol. The van der Waals surface area contributed by atoms with Crippen molar-refractivity contribution in [2.45, 2.75) is 19.9 Å². The number of hydrogen-bond acceptors (Lipinski definition) is 1. The lowest BCUT2D eigenvalue weighted by Crippen LogP contribution is -2.24. The van der Waals surface area contributed by atoms with Gasteiger partial charge >= 0.3 is 0 Å². The molecule has 1 rings (SSSR count). The molecule has 0 aliphatic carbocycles. The van der Waals surface area contributed by atoms with E-state index in [-0.39, 0.29) is 12.5 Å². The minimum atomic E-state index is -0.218. The van der Waals surface area contributed by atoms with Crippen LogP contribution in [0, 0.1) is 6.57 Å². The fraction of sp³-hybridized carbons (Fsp3) is 0.333. The Kier molecular flexibility index (Phi) is 4.36. The van der Waals surface area contributed by atoms with E-state index in [2.05, 4.69) is 29.2 Å². The fourth-order valence-corrected chi connectivity index (χ4v) is 1.22. The number of aryl methyl sites for hydroxylation is 1. The molecule has 0 saturated carbocycles.